The number of carbonyl (C=O) groups excluding carboxylic acids is 1. The van der Waals surface area contributed by atoms with Crippen LogP contribution < -0.4 is 4.90 Å². The Morgan fingerprint density at radius 3 is 2.56 bits per heavy atom. The number of nitrogens with zero attached hydrogens (tertiary/aromatic N) is 3. The molecule has 2 heterocycles. The molecule has 0 unspecified atom stereocenters. The molecule has 0 aliphatic carbocycles. The van der Waals surface area contributed by atoms with Crippen LogP contribution in [0.1, 0.15) is 11.1 Å². The molecule has 0 saturated carbocycles. The minimum Gasteiger partial charge on any atom is -0.345 e. The van der Waals surface area contributed by atoms with E-state index in [9.17, 15) is 4.79 Å². The van der Waals surface area contributed by atoms with Crippen molar-refractivity contribution in [3.63, 3.8) is 0 Å². The van der Waals surface area contributed by atoms with Crippen molar-refractivity contribution in [2.75, 3.05) is 37.3 Å². The van der Waals surface area contributed by atoms with Gasteiger partial charge in [-0.1, -0.05) is 47.2 Å². The number of fused-ring (bicyclic) bond motifs is 1. The third kappa shape index (κ3) is 3.96. The van der Waals surface area contributed by atoms with E-state index in [0.29, 0.717) is 6.42 Å². The molecule has 6 heteroatoms. The van der Waals surface area contributed by atoms with Gasteiger partial charge in [-0.05, 0) is 30.9 Å². The molecule has 2 aromatic carbocycles. The van der Waals surface area contributed by atoms with Crippen molar-refractivity contribution in [2.45, 2.75) is 18.2 Å². The zero-order valence-electron chi connectivity index (χ0n) is 15.6. The molecule has 1 aliphatic heterocycles. The Labute approximate surface area is 168 Å². The molecule has 0 radical (unpaired) electrons. The second kappa shape index (κ2) is 7.90. The lowest BCUT2D eigenvalue weighted by atomic mass is 10.1. The molecule has 0 N–H and O–H groups in total. The molecule has 140 valence electrons. The first-order valence-corrected chi connectivity index (χ1v) is 11.2. The highest BCUT2D eigenvalue weighted by Gasteiger charge is 2.23. The maximum atomic E-state index is 12.6. The normalized spacial score (nSPS) is 14.7. The number of hydrogen-bond donors (Lipinski definition) is 0. The first-order valence-electron chi connectivity index (χ1n) is 9.16. The number of anilines is 1. The van der Waals surface area contributed by atoms with E-state index < -0.39 is 0 Å². The van der Waals surface area contributed by atoms with Gasteiger partial charge in [0.05, 0.1) is 16.6 Å². The molecule has 0 bridgehead atoms. The molecule has 4 rings (SSSR count). The summed E-state index contributed by atoms with van der Waals surface area (Å²) in [4.78, 5) is 23.0. The Morgan fingerprint density at radius 2 is 1.85 bits per heavy atom. The van der Waals surface area contributed by atoms with Crippen molar-refractivity contribution >= 4 is 44.4 Å². The maximum absolute atomic E-state index is 12.6. The van der Waals surface area contributed by atoms with E-state index in [1.54, 1.807) is 23.1 Å². The fourth-order valence-electron chi connectivity index (χ4n) is 3.35. The van der Waals surface area contributed by atoms with E-state index in [1.165, 1.54) is 15.2 Å². The van der Waals surface area contributed by atoms with E-state index in [4.69, 9.17) is 4.98 Å². The van der Waals surface area contributed by atoms with Gasteiger partial charge in [-0.3, -0.25) is 4.79 Å². The van der Waals surface area contributed by atoms with Crippen LogP contribution in [-0.4, -0.2) is 48.2 Å². The van der Waals surface area contributed by atoms with Gasteiger partial charge >= 0.3 is 0 Å². The standard InChI is InChI=1S/C21H23N3OS2/c1-15-6-8-16(9-7-15)14-19(25)23-10-12-24(13-11-23)21-22-20-17(26-2)4-3-5-18(20)27-21/h3-9H,10-14H2,1-2H3. The third-order valence-electron chi connectivity index (χ3n) is 4.97. The highest BCUT2D eigenvalue weighted by Crippen LogP contribution is 2.34. The molecule has 1 saturated heterocycles. The van der Waals surface area contributed by atoms with Crippen molar-refractivity contribution in [2.24, 2.45) is 0 Å². The number of piperazine rings is 1. The van der Waals surface area contributed by atoms with Gasteiger partial charge in [-0.2, -0.15) is 0 Å². The largest absolute Gasteiger partial charge is 0.345 e. The highest BCUT2D eigenvalue weighted by atomic mass is 32.2. The Bertz CT molecular complexity index is 944. The Kier molecular flexibility index (Phi) is 5.36. The van der Waals surface area contributed by atoms with Crippen LogP contribution in [0.5, 0.6) is 0 Å². The minimum absolute atomic E-state index is 0.215. The van der Waals surface area contributed by atoms with Crippen LogP contribution in [0.4, 0.5) is 5.13 Å². The van der Waals surface area contributed by atoms with E-state index >= 15 is 0 Å². The molecule has 3 aromatic rings. The quantitative estimate of drug-likeness (QED) is 0.618. The van der Waals surface area contributed by atoms with E-state index in [-0.39, 0.29) is 5.91 Å². The van der Waals surface area contributed by atoms with E-state index in [0.717, 1.165) is 42.4 Å². The molecular formula is C21H23N3OS2. The number of aromatic nitrogens is 1. The molecule has 4 nitrogen and oxygen atoms in total. The van der Waals surface area contributed by atoms with Crippen LogP contribution in [-0.2, 0) is 11.2 Å². The van der Waals surface area contributed by atoms with Crippen LogP contribution >= 0.6 is 23.1 Å². The summed E-state index contributed by atoms with van der Waals surface area (Å²) in [6.45, 7) is 5.27. The average Bonchev–Trinajstić information content (AvgIpc) is 3.14. The summed E-state index contributed by atoms with van der Waals surface area (Å²) < 4.78 is 1.23. The first kappa shape index (κ1) is 18.3. The average molecular weight is 398 g/mol. The van der Waals surface area contributed by atoms with Crippen molar-refractivity contribution in [3.8, 4) is 0 Å². The fourth-order valence-corrected chi connectivity index (χ4v) is 5.02. The molecule has 27 heavy (non-hydrogen) atoms. The number of hydrogen-bond acceptors (Lipinski definition) is 5. The monoisotopic (exact) mass is 397 g/mol. The second-order valence-corrected chi connectivity index (χ2v) is 8.69. The molecule has 1 fully saturated rings. The number of para-hydroxylation sites is 1. The third-order valence-corrected chi connectivity index (χ3v) is 6.82. The van der Waals surface area contributed by atoms with Gasteiger partial charge in [0.1, 0.15) is 0 Å². The first-order chi connectivity index (χ1) is 13.1. The van der Waals surface area contributed by atoms with Gasteiger partial charge in [0.2, 0.25) is 5.91 Å². The van der Waals surface area contributed by atoms with Gasteiger partial charge in [0, 0.05) is 31.1 Å². The SMILES string of the molecule is CSc1cccc2sc(N3CCN(C(=O)Cc4ccc(C)cc4)CC3)nc12. The molecular weight excluding hydrogens is 374 g/mol. The summed E-state index contributed by atoms with van der Waals surface area (Å²) in [5.74, 6) is 0.215. The van der Waals surface area contributed by atoms with Crippen LogP contribution in [0.2, 0.25) is 0 Å². The van der Waals surface area contributed by atoms with Crippen LogP contribution in [0.3, 0.4) is 0 Å². The topological polar surface area (TPSA) is 36.4 Å². The Hall–Kier alpha value is -2.05. The van der Waals surface area contributed by atoms with Gasteiger partial charge < -0.3 is 9.80 Å². The summed E-state index contributed by atoms with van der Waals surface area (Å²) in [6, 6.07) is 14.6. The zero-order chi connectivity index (χ0) is 18.8. The summed E-state index contributed by atoms with van der Waals surface area (Å²) in [7, 11) is 0. The number of amides is 1. The van der Waals surface area contributed by atoms with Crippen LogP contribution in [0.25, 0.3) is 10.2 Å². The number of rotatable bonds is 4. The summed E-state index contributed by atoms with van der Waals surface area (Å²) >= 11 is 3.48. The fraction of sp³-hybridized carbons (Fsp3) is 0.333. The second-order valence-electron chi connectivity index (χ2n) is 6.83. The number of aryl methyl sites for hydroxylation is 1. The van der Waals surface area contributed by atoms with E-state index in [2.05, 4.69) is 48.4 Å². The lowest BCUT2D eigenvalue weighted by molar-refractivity contribution is -0.130. The lowest BCUT2D eigenvalue weighted by Crippen LogP contribution is -2.49. The number of thiazole rings is 1. The molecule has 1 amide bonds. The van der Waals surface area contributed by atoms with Gasteiger partial charge in [-0.25, -0.2) is 4.98 Å². The predicted octanol–water partition coefficient (Wildman–Crippen LogP) is 4.22. The number of thioether (sulfide) groups is 1. The zero-order valence-corrected chi connectivity index (χ0v) is 17.3. The van der Waals surface area contributed by atoms with Gasteiger partial charge in [-0.15, -0.1) is 11.8 Å². The van der Waals surface area contributed by atoms with Gasteiger partial charge in [0.15, 0.2) is 5.13 Å². The molecule has 0 atom stereocenters. The lowest BCUT2D eigenvalue weighted by Gasteiger charge is -2.34. The van der Waals surface area contributed by atoms with Crippen LogP contribution in [0, 0.1) is 6.92 Å². The molecule has 1 aliphatic rings. The Balaban J connectivity index is 1.40. The van der Waals surface area contributed by atoms with E-state index in [1.807, 2.05) is 17.0 Å². The number of benzene rings is 2. The maximum Gasteiger partial charge on any atom is 0.227 e. The van der Waals surface area contributed by atoms with Crippen molar-refractivity contribution < 1.29 is 4.79 Å². The van der Waals surface area contributed by atoms with Crippen molar-refractivity contribution in [1.29, 1.82) is 0 Å². The molecule has 1 aromatic heterocycles. The molecule has 0 spiro atoms. The predicted molar refractivity (Wildman–Crippen MR) is 115 cm³/mol. The smallest absolute Gasteiger partial charge is 0.227 e. The number of carbonyl (C=O) groups is 1. The van der Waals surface area contributed by atoms with Crippen LogP contribution in [0.15, 0.2) is 47.4 Å². The Morgan fingerprint density at radius 1 is 1.11 bits per heavy atom. The van der Waals surface area contributed by atoms with Gasteiger partial charge in [0.25, 0.3) is 0 Å². The highest BCUT2D eigenvalue weighted by molar-refractivity contribution is 7.98. The summed E-state index contributed by atoms with van der Waals surface area (Å²) in [5.41, 5.74) is 3.41. The van der Waals surface area contributed by atoms with Crippen molar-refractivity contribution in [3.05, 3.63) is 53.6 Å². The summed E-state index contributed by atoms with van der Waals surface area (Å²) in [5, 5.41) is 1.07. The minimum atomic E-state index is 0.215. The van der Waals surface area contributed by atoms with Crippen molar-refractivity contribution in [1.82, 2.24) is 9.88 Å². The summed E-state index contributed by atoms with van der Waals surface area (Å²) in [6.07, 6.45) is 2.57.